The lowest BCUT2D eigenvalue weighted by molar-refractivity contribution is 0.0926. The van der Waals surface area contributed by atoms with E-state index in [1.807, 2.05) is 6.92 Å². The van der Waals surface area contributed by atoms with Crippen molar-refractivity contribution < 1.29 is 14.1 Å². The predicted octanol–water partition coefficient (Wildman–Crippen LogP) is 3.91. The molecule has 0 unspecified atom stereocenters. The van der Waals surface area contributed by atoms with Crippen LogP contribution in [0.4, 0.5) is 5.69 Å². The first-order valence-corrected chi connectivity index (χ1v) is 9.12. The van der Waals surface area contributed by atoms with Crippen LogP contribution in [0.3, 0.4) is 0 Å². The van der Waals surface area contributed by atoms with Crippen LogP contribution in [-0.4, -0.2) is 23.0 Å². The minimum Gasteiger partial charge on any atom is -0.361 e. The van der Waals surface area contributed by atoms with Crippen LogP contribution in [0.25, 0.3) is 0 Å². The highest BCUT2D eigenvalue weighted by Crippen LogP contribution is 2.23. The molecule has 2 amide bonds. The van der Waals surface area contributed by atoms with Crippen LogP contribution in [-0.2, 0) is 0 Å². The predicted molar refractivity (Wildman–Crippen MR) is 99.4 cm³/mol. The summed E-state index contributed by atoms with van der Waals surface area (Å²) in [5.41, 5.74) is 2.93. The van der Waals surface area contributed by atoms with Crippen LogP contribution in [0.1, 0.15) is 69.8 Å². The fraction of sp³-hybridized carbons (Fsp3) is 0.450. The van der Waals surface area contributed by atoms with E-state index in [9.17, 15) is 9.59 Å². The average molecular weight is 355 g/mol. The zero-order chi connectivity index (χ0) is 18.7. The van der Waals surface area contributed by atoms with Gasteiger partial charge >= 0.3 is 0 Å². The molecule has 6 nitrogen and oxygen atoms in total. The second-order valence-electron chi connectivity index (χ2n) is 6.94. The highest BCUT2D eigenvalue weighted by atomic mass is 16.5. The van der Waals surface area contributed by atoms with Gasteiger partial charge in [-0.1, -0.05) is 30.5 Å². The van der Waals surface area contributed by atoms with E-state index < -0.39 is 0 Å². The van der Waals surface area contributed by atoms with Gasteiger partial charge < -0.3 is 15.2 Å². The lowest BCUT2D eigenvalue weighted by Gasteiger charge is -2.23. The Balaban J connectivity index is 1.76. The molecule has 2 N–H and O–H groups in total. The molecule has 1 aromatic heterocycles. The van der Waals surface area contributed by atoms with Gasteiger partial charge in [0.2, 0.25) is 0 Å². The summed E-state index contributed by atoms with van der Waals surface area (Å²) in [6.45, 7) is 5.28. The lowest BCUT2D eigenvalue weighted by Crippen LogP contribution is -2.36. The highest BCUT2D eigenvalue weighted by molar-refractivity contribution is 6.07. The third-order valence-corrected chi connectivity index (χ3v) is 5.03. The molecule has 1 aliphatic rings. The summed E-state index contributed by atoms with van der Waals surface area (Å²) in [6, 6.07) is 5.62. The smallest absolute Gasteiger partial charge is 0.261 e. The Hall–Kier alpha value is -2.63. The Labute approximate surface area is 153 Å². The average Bonchev–Trinajstić information content (AvgIpc) is 2.96. The fourth-order valence-electron chi connectivity index (χ4n) is 3.52. The van der Waals surface area contributed by atoms with Gasteiger partial charge in [0.15, 0.2) is 0 Å². The van der Waals surface area contributed by atoms with E-state index in [1.54, 1.807) is 32.0 Å². The summed E-state index contributed by atoms with van der Waals surface area (Å²) < 4.78 is 5.06. The quantitative estimate of drug-likeness (QED) is 0.871. The lowest BCUT2D eigenvalue weighted by atomic mass is 9.95. The molecular weight excluding hydrogens is 330 g/mol. The van der Waals surface area contributed by atoms with Gasteiger partial charge in [-0.05, 0) is 51.3 Å². The van der Waals surface area contributed by atoms with Crippen molar-refractivity contribution in [3.05, 3.63) is 46.3 Å². The van der Waals surface area contributed by atoms with E-state index in [0.717, 1.165) is 31.2 Å². The summed E-state index contributed by atoms with van der Waals surface area (Å²) in [4.78, 5) is 25.2. The van der Waals surface area contributed by atoms with Gasteiger partial charge in [0, 0.05) is 17.3 Å². The maximum atomic E-state index is 12.7. The molecule has 1 fully saturated rings. The molecule has 1 saturated carbocycles. The summed E-state index contributed by atoms with van der Waals surface area (Å²) >= 11 is 0. The number of amides is 2. The minimum absolute atomic E-state index is 0.0807. The molecule has 26 heavy (non-hydrogen) atoms. The third kappa shape index (κ3) is 3.79. The zero-order valence-corrected chi connectivity index (χ0v) is 15.5. The van der Waals surface area contributed by atoms with Crippen LogP contribution in [0.15, 0.2) is 22.7 Å². The van der Waals surface area contributed by atoms with Gasteiger partial charge in [0.05, 0.1) is 5.69 Å². The van der Waals surface area contributed by atoms with Gasteiger partial charge in [-0.3, -0.25) is 9.59 Å². The molecule has 3 rings (SSSR count). The van der Waals surface area contributed by atoms with Crippen LogP contribution in [0.5, 0.6) is 0 Å². The molecular formula is C20H25N3O3. The summed E-state index contributed by atoms with van der Waals surface area (Å²) in [6.07, 6.45) is 5.64. The molecule has 1 aliphatic carbocycles. The van der Waals surface area contributed by atoms with Gasteiger partial charge in [-0.25, -0.2) is 0 Å². The molecule has 0 aliphatic heterocycles. The van der Waals surface area contributed by atoms with Gasteiger partial charge in [-0.2, -0.15) is 0 Å². The van der Waals surface area contributed by atoms with Crippen molar-refractivity contribution in [1.29, 1.82) is 0 Å². The van der Waals surface area contributed by atoms with E-state index in [0.29, 0.717) is 28.3 Å². The van der Waals surface area contributed by atoms with Crippen molar-refractivity contribution in [2.24, 2.45) is 0 Å². The molecule has 0 spiro atoms. The second kappa shape index (κ2) is 7.72. The van der Waals surface area contributed by atoms with Gasteiger partial charge in [-0.15, -0.1) is 0 Å². The first kappa shape index (κ1) is 18.2. The van der Waals surface area contributed by atoms with Gasteiger partial charge in [0.1, 0.15) is 11.3 Å². The van der Waals surface area contributed by atoms with E-state index in [4.69, 9.17) is 4.52 Å². The Morgan fingerprint density at radius 3 is 2.46 bits per heavy atom. The van der Waals surface area contributed by atoms with Gasteiger partial charge in [0.25, 0.3) is 11.8 Å². The summed E-state index contributed by atoms with van der Waals surface area (Å²) in [5.74, 6) is 0.112. The molecule has 0 radical (unpaired) electrons. The van der Waals surface area contributed by atoms with Crippen molar-refractivity contribution in [2.45, 2.75) is 58.9 Å². The number of rotatable bonds is 4. The number of nitrogens with one attached hydrogen (secondary N) is 2. The molecule has 0 atom stereocenters. The molecule has 1 aromatic carbocycles. The molecule has 6 heteroatoms. The normalized spacial score (nSPS) is 14.9. The van der Waals surface area contributed by atoms with Crippen molar-refractivity contribution in [2.75, 3.05) is 5.32 Å². The fourth-order valence-corrected chi connectivity index (χ4v) is 3.52. The SMILES string of the molecule is Cc1noc(C)c1C(=O)Nc1cccc(C(=O)NC2CCCCC2)c1C. The Bertz CT molecular complexity index is 800. The van der Waals surface area contributed by atoms with E-state index in [1.165, 1.54) is 6.42 Å². The monoisotopic (exact) mass is 355 g/mol. The largest absolute Gasteiger partial charge is 0.361 e. The summed E-state index contributed by atoms with van der Waals surface area (Å²) in [5, 5.41) is 9.81. The molecule has 138 valence electrons. The Morgan fingerprint density at radius 1 is 1.08 bits per heavy atom. The van der Waals surface area contributed by atoms with E-state index >= 15 is 0 Å². The molecule has 1 heterocycles. The first-order valence-electron chi connectivity index (χ1n) is 9.12. The highest BCUT2D eigenvalue weighted by Gasteiger charge is 2.21. The van der Waals surface area contributed by atoms with Crippen molar-refractivity contribution in [3.8, 4) is 0 Å². The first-order chi connectivity index (χ1) is 12.5. The third-order valence-electron chi connectivity index (χ3n) is 5.03. The van der Waals surface area contributed by atoms with Crippen LogP contribution < -0.4 is 10.6 Å². The van der Waals surface area contributed by atoms with Crippen molar-refractivity contribution in [1.82, 2.24) is 10.5 Å². The van der Waals surface area contributed by atoms with E-state index in [-0.39, 0.29) is 17.9 Å². The Kier molecular flexibility index (Phi) is 5.40. The minimum atomic E-state index is -0.283. The number of carbonyl (C=O) groups excluding carboxylic acids is 2. The maximum absolute atomic E-state index is 12.7. The Morgan fingerprint density at radius 2 is 1.81 bits per heavy atom. The molecule has 0 bridgehead atoms. The topological polar surface area (TPSA) is 84.2 Å². The summed E-state index contributed by atoms with van der Waals surface area (Å²) in [7, 11) is 0. The second-order valence-corrected chi connectivity index (χ2v) is 6.94. The van der Waals surface area contributed by atoms with Crippen molar-refractivity contribution in [3.63, 3.8) is 0 Å². The van der Waals surface area contributed by atoms with Crippen molar-refractivity contribution >= 4 is 17.5 Å². The number of aromatic nitrogens is 1. The molecule has 2 aromatic rings. The number of nitrogens with zero attached hydrogens (tertiary/aromatic N) is 1. The number of hydrogen-bond donors (Lipinski definition) is 2. The van der Waals surface area contributed by atoms with Crippen LogP contribution in [0.2, 0.25) is 0 Å². The van der Waals surface area contributed by atoms with E-state index in [2.05, 4.69) is 15.8 Å². The number of aryl methyl sites for hydroxylation is 2. The van der Waals surface area contributed by atoms with Crippen LogP contribution >= 0.6 is 0 Å². The van der Waals surface area contributed by atoms with Crippen LogP contribution in [0, 0.1) is 20.8 Å². The number of benzene rings is 1. The zero-order valence-electron chi connectivity index (χ0n) is 15.5. The maximum Gasteiger partial charge on any atom is 0.261 e. The number of carbonyl (C=O) groups is 2. The molecule has 0 saturated heterocycles. The number of hydrogen-bond acceptors (Lipinski definition) is 4. The number of anilines is 1. The standard InChI is InChI=1S/C20H25N3O3/c1-12-16(19(24)21-15-8-5-4-6-9-15)10-7-11-17(12)22-20(25)18-13(2)23-26-14(18)3/h7,10-11,15H,4-6,8-9H2,1-3H3,(H,21,24)(H,22,25).